The normalized spacial score (nSPS) is 19.9. The van der Waals surface area contributed by atoms with Gasteiger partial charge in [0.25, 0.3) is 5.91 Å². The standard InChI is InChI=1S/C22H29N5O2/c1-17-6-5-11-27(16-17)22-23-10-9-18(24-22)21(28)26-14-12-25(13-15-26)19-7-3-4-8-20(19)29-2/h3-4,7-10,17H,5-6,11-16H2,1-2H3. The summed E-state index contributed by atoms with van der Waals surface area (Å²) >= 11 is 0. The Morgan fingerprint density at radius 1 is 1.07 bits per heavy atom. The number of rotatable bonds is 4. The van der Waals surface area contributed by atoms with Gasteiger partial charge >= 0.3 is 0 Å². The maximum atomic E-state index is 13.0. The summed E-state index contributed by atoms with van der Waals surface area (Å²) in [6.45, 7) is 7.03. The van der Waals surface area contributed by atoms with Crippen LogP contribution >= 0.6 is 0 Å². The second kappa shape index (κ2) is 8.68. The molecule has 0 bridgehead atoms. The van der Waals surface area contributed by atoms with Crippen LogP contribution in [0.3, 0.4) is 0 Å². The number of benzene rings is 1. The molecule has 4 rings (SSSR count). The maximum Gasteiger partial charge on any atom is 0.272 e. The van der Waals surface area contributed by atoms with Crippen molar-refractivity contribution in [1.82, 2.24) is 14.9 Å². The number of anilines is 2. The number of hydrogen-bond donors (Lipinski definition) is 0. The van der Waals surface area contributed by atoms with Crippen molar-refractivity contribution in [3.8, 4) is 5.75 Å². The minimum absolute atomic E-state index is 0.0154. The summed E-state index contributed by atoms with van der Waals surface area (Å²) in [5.41, 5.74) is 1.56. The molecule has 3 heterocycles. The summed E-state index contributed by atoms with van der Waals surface area (Å²) in [7, 11) is 1.69. The van der Waals surface area contributed by atoms with Crippen molar-refractivity contribution in [3.05, 3.63) is 42.2 Å². The van der Waals surface area contributed by atoms with Gasteiger partial charge in [0.1, 0.15) is 11.4 Å². The van der Waals surface area contributed by atoms with E-state index in [-0.39, 0.29) is 5.91 Å². The number of nitrogens with zero attached hydrogens (tertiary/aromatic N) is 5. The molecule has 7 heteroatoms. The average molecular weight is 396 g/mol. The van der Waals surface area contributed by atoms with Gasteiger partial charge in [-0.15, -0.1) is 0 Å². The third-order valence-electron chi connectivity index (χ3n) is 5.79. The highest BCUT2D eigenvalue weighted by molar-refractivity contribution is 5.92. The van der Waals surface area contributed by atoms with E-state index in [0.29, 0.717) is 30.6 Å². The molecule has 0 radical (unpaired) electrons. The molecule has 2 fully saturated rings. The number of para-hydroxylation sites is 2. The minimum atomic E-state index is -0.0154. The lowest BCUT2D eigenvalue weighted by atomic mass is 10.0. The average Bonchev–Trinajstić information content (AvgIpc) is 2.79. The monoisotopic (exact) mass is 395 g/mol. The van der Waals surface area contributed by atoms with Crippen molar-refractivity contribution in [2.75, 3.05) is 56.2 Å². The first-order valence-corrected chi connectivity index (χ1v) is 10.4. The van der Waals surface area contributed by atoms with Crippen LogP contribution < -0.4 is 14.5 Å². The fraction of sp³-hybridized carbons (Fsp3) is 0.500. The molecule has 0 spiro atoms. The molecule has 2 aromatic rings. The molecule has 2 aliphatic rings. The molecule has 2 saturated heterocycles. The second-order valence-electron chi connectivity index (χ2n) is 7.89. The van der Waals surface area contributed by atoms with Crippen LogP contribution in [0, 0.1) is 5.92 Å². The van der Waals surface area contributed by atoms with Gasteiger partial charge in [-0.1, -0.05) is 19.1 Å². The lowest BCUT2D eigenvalue weighted by molar-refractivity contribution is 0.0740. The van der Waals surface area contributed by atoms with E-state index in [1.165, 1.54) is 6.42 Å². The Morgan fingerprint density at radius 3 is 2.62 bits per heavy atom. The summed E-state index contributed by atoms with van der Waals surface area (Å²) < 4.78 is 5.48. The number of piperazine rings is 1. The number of carbonyl (C=O) groups is 1. The van der Waals surface area contributed by atoms with Crippen molar-refractivity contribution < 1.29 is 9.53 Å². The Kier molecular flexibility index (Phi) is 5.83. The van der Waals surface area contributed by atoms with Gasteiger partial charge in [-0.25, -0.2) is 9.97 Å². The van der Waals surface area contributed by atoms with E-state index in [1.54, 1.807) is 19.4 Å². The topological polar surface area (TPSA) is 61.8 Å². The summed E-state index contributed by atoms with van der Waals surface area (Å²) in [5, 5.41) is 0. The molecule has 1 aromatic carbocycles. The summed E-state index contributed by atoms with van der Waals surface area (Å²) in [5.74, 6) is 2.16. The molecule has 2 aliphatic heterocycles. The van der Waals surface area contributed by atoms with Crippen molar-refractivity contribution in [1.29, 1.82) is 0 Å². The van der Waals surface area contributed by atoms with Gasteiger partial charge in [0.15, 0.2) is 0 Å². The molecule has 29 heavy (non-hydrogen) atoms. The van der Waals surface area contributed by atoms with E-state index in [4.69, 9.17) is 4.74 Å². The van der Waals surface area contributed by atoms with E-state index in [0.717, 1.165) is 44.0 Å². The van der Waals surface area contributed by atoms with Crippen molar-refractivity contribution >= 4 is 17.5 Å². The highest BCUT2D eigenvalue weighted by atomic mass is 16.5. The van der Waals surface area contributed by atoms with Crippen molar-refractivity contribution in [2.24, 2.45) is 5.92 Å². The van der Waals surface area contributed by atoms with E-state index in [2.05, 4.69) is 32.8 Å². The second-order valence-corrected chi connectivity index (χ2v) is 7.89. The van der Waals surface area contributed by atoms with E-state index in [1.807, 2.05) is 23.1 Å². The Balaban J connectivity index is 1.41. The molecule has 1 aromatic heterocycles. The third-order valence-corrected chi connectivity index (χ3v) is 5.79. The van der Waals surface area contributed by atoms with Crippen LogP contribution in [-0.4, -0.2) is 67.2 Å². The van der Waals surface area contributed by atoms with Crippen LogP contribution in [0.1, 0.15) is 30.3 Å². The summed E-state index contributed by atoms with van der Waals surface area (Å²) in [4.78, 5) is 28.4. The molecule has 154 valence electrons. The molecule has 1 atom stereocenters. The first-order chi connectivity index (χ1) is 14.2. The first-order valence-electron chi connectivity index (χ1n) is 10.4. The zero-order chi connectivity index (χ0) is 20.2. The Bertz CT molecular complexity index is 851. The number of ether oxygens (including phenoxy) is 1. The van der Waals surface area contributed by atoms with Crippen LogP contribution in [0.4, 0.5) is 11.6 Å². The quantitative estimate of drug-likeness (QED) is 0.793. The van der Waals surface area contributed by atoms with Crippen LogP contribution in [0.5, 0.6) is 5.75 Å². The van der Waals surface area contributed by atoms with Crippen LogP contribution in [0.15, 0.2) is 36.5 Å². The van der Waals surface area contributed by atoms with Gasteiger partial charge in [0.05, 0.1) is 12.8 Å². The zero-order valence-electron chi connectivity index (χ0n) is 17.3. The lowest BCUT2D eigenvalue weighted by Crippen LogP contribution is -2.49. The van der Waals surface area contributed by atoms with Crippen LogP contribution in [0.2, 0.25) is 0 Å². The number of piperidine rings is 1. The predicted octanol–water partition coefficient (Wildman–Crippen LogP) is 2.68. The number of amides is 1. The summed E-state index contributed by atoms with van der Waals surface area (Å²) in [6, 6.07) is 9.74. The summed E-state index contributed by atoms with van der Waals surface area (Å²) in [6.07, 6.45) is 4.10. The van der Waals surface area contributed by atoms with Crippen molar-refractivity contribution in [3.63, 3.8) is 0 Å². The third kappa shape index (κ3) is 4.28. The predicted molar refractivity (Wildman–Crippen MR) is 114 cm³/mol. The Morgan fingerprint density at radius 2 is 1.86 bits per heavy atom. The highest BCUT2D eigenvalue weighted by Gasteiger charge is 2.26. The van der Waals surface area contributed by atoms with Gasteiger partial charge in [-0.3, -0.25) is 4.79 Å². The Labute approximate surface area is 172 Å². The van der Waals surface area contributed by atoms with E-state index >= 15 is 0 Å². The van der Waals surface area contributed by atoms with Gasteiger partial charge < -0.3 is 19.4 Å². The largest absolute Gasteiger partial charge is 0.495 e. The minimum Gasteiger partial charge on any atom is -0.495 e. The fourth-order valence-corrected chi connectivity index (χ4v) is 4.19. The molecule has 1 amide bonds. The molecule has 7 nitrogen and oxygen atoms in total. The molecular formula is C22H29N5O2. The van der Waals surface area contributed by atoms with Crippen LogP contribution in [0.25, 0.3) is 0 Å². The highest BCUT2D eigenvalue weighted by Crippen LogP contribution is 2.28. The zero-order valence-corrected chi connectivity index (χ0v) is 17.3. The van der Waals surface area contributed by atoms with Gasteiger partial charge in [-0.05, 0) is 37.0 Å². The number of methoxy groups -OCH3 is 1. The number of aromatic nitrogens is 2. The molecule has 0 aliphatic carbocycles. The lowest BCUT2D eigenvalue weighted by Gasteiger charge is -2.36. The van der Waals surface area contributed by atoms with Gasteiger partial charge in [0.2, 0.25) is 5.95 Å². The Hall–Kier alpha value is -2.83. The smallest absolute Gasteiger partial charge is 0.272 e. The van der Waals surface area contributed by atoms with Gasteiger partial charge in [-0.2, -0.15) is 0 Å². The molecule has 1 unspecified atom stereocenters. The van der Waals surface area contributed by atoms with Crippen molar-refractivity contribution in [2.45, 2.75) is 19.8 Å². The van der Waals surface area contributed by atoms with E-state index in [9.17, 15) is 4.79 Å². The fourth-order valence-electron chi connectivity index (χ4n) is 4.19. The van der Waals surface area contributed by atoms with Crippen LogP contribution in [-0.2, 0) is 0 Å². The molecular weight excluding hydrogens is 366 g/mol. The number of carbonyl (C=O) groups excluding carboxylic acids is 1. The molecule has 0 N–H and O–H groups in total. The van der Waals surface area contributed by atoms with Gasteiger partial charge in [0, 0.05) is 45.5 Å². The SMILES string of the molecule is COc1ccccc1N1CCN(C(=O)c2ccnc(N3CCCC(C)C3)n2)CC1. The van der Waals surface area contributed by atoms with E-state index < -0.39 is 0 Å². The number of hydrogen-bond acceptors (Lipinski definition) is 6. The molecule has 0 saturated carbocycles. The first kappa shape index (κ1) is 19.5. The maximum absolute atomic E-state index is 13.0.